The van der Waals surface area contributed by atoms with Gasteiger partial charge in [0.15, 0.2) is 5.82 Å². The summed E-state index contributed by atoms with van der Waals surface area (Å²) in [5.41, 5.74) is 0. The summed E-state index contributed by atoms with van der Waals surface area (Å²) in [5, 5.41) is 13.3. The number of likely N-dealkylation sites (tertiary alicyclic amines) is 1. The van der Waals surface area contributed by atoms with Crippen LogP contribution in [0.15, 0.2) is 24.7 Å². The Balaban J connectivity index is 0.000000436. The zero-order valence-electron chi connectivity index (χ0n) is 23.9. The summed E-state index contributed by atoms with van der Waals surface area (Å²) >= 11 is 0. The Kier molecular flexibility index (Phi) is 11.3. The van der Waals surface area contributed by atoms with Gasteiger partial charge in [0.1, 0.15) is 11.9 Å². The lowest BCUT2D eigenvalue weighted by molar-refractivity contribution is -0.0760. The third-order valence-corrected chi connectivity index (χ3v) is 7.09. The first-order chi connectivity index (χ1) is 19.5. The van der Waals surface area contributed by atoms with Crippen LogP contribution in [0.3, 0.4) is 0 Å². The number of ether oxygens (including phenoxy) is 1. The number of urea groups is 1. The molecule has 2 aromatic heterocycles. The largest absolute Gasteiger partial charge is 0.477 e. The molecule has 0 aromatic carbocycles. The van der Waals surface area contributed by atoms with E-state index in [2.05, 4.69) is 49.4 Å². The monoisotopic (exact) mass is 579 g/mol. The van der Waals surface area contributed by atoms with E-state index in [0.29, 0.717) is 6.61 Å². The average molecular weight is 580 g/mol. The maximum atomic E-state index is 14.7. The van der Waals surface area contributed by atoms with Crippen molar-refractivity contribution in [3.8, 4) is 5.88 Å². The van der Waals surface area contributed by atoms with Crippen molar-refractivity contribution in [2.75, 3.05) is 55.9 Å². The van der Waals surface area contributed by atoms with Crippen LogP contribution in [-0.4, -0.2) is 105 Å². The molecule has 13 nitrogen and oxygen atoms in total. The standard InChI is InChI=1S/C18H22F2N8O4.C8H17N/c1-3-32-14-9-22-13(8-23-14)25-16(29)27(2)11-10-28(7-5-18(11,19)20)15-21-6-4-12(24-15)26-17(30)31;1-3-8-6-4-5-7-9(8)2/h4,6,8-9,11H,3,5,7,10H2,1-2H3,(H,30,31)(H,21,24,26)(H,22,25,29);8H,3-7H2,1-2H3/t;8-/m.1/s1. The molecule has 3 amide bonds. The van der Waals surface area contributed by atoms with E-state index in [1.807, 2.05) is 0 Å². The minimum atomic E-state index is -3.16. The lowest BCUT2D eigenvalue weighted by Gasteiger charge is -2.42. The molecule has 41 heavy (non-hydrogen) atoms. The van der Waals surface area contributed by atoms with Gasteiger partial charge in [0, 0.05) is 38.8 Å². The molecular weight excluding hydrogens is 540 g/mol. The highest BCUT2D eigenvalue weighted by atomic mass is 19.3. The van der Waals surface area contributed by atoms with Gasteiger partial charge >= 0.3 is 12.1 Å². The predicted octanol–water partition coefficient (Wildman–Crippen LogP) is 4.01. The summed E-state index contributed by atoms with van der Waals surface area (Å²) in [4.78, 5) is 44.3. The maximum absolute atomic E-state index is 14.7. The number of hydrogen-bond acceptors (Lipinski definition) is 9. The summed E-state index contributed by atoms with van der Waals surface area (Å²) in [6.07, 6.45) is 7.64. The number of rotatable bonds is 7. The maximum Gasteiger partial charge on any atom is 0.410 e. The van der Waals surface area contributed by atoms with E-state index in [0.717, 1.165) is 10.9 Å². The second kappa shape index (κ2) is 14.7. The van der Waals surface area contributed by atoms with Crippen molar-refractivity contribution in [3.63, 3.8) is 0 Å². The Morgan fingerprint density at radius 2 is 1.93 bits per heavy atom. The molecular formula is C26H39F2N9O4. The number of halogens is 2. The normalized spacial score (nSPS) is 20.3. The van der Waals surface area contributed by atoms with Crippen molar-refractivity contribution in [1.82, 2.24) is 29.7 Å². The van der Waals surface area contributed by atoms with E-state index in [1.54, 1.807) is 6.92 Å². The molecule has 4 rings (SSSR count). The number of likely N-dealkylation sites (N-methyl/N-ethyl adjacent to an activating group) is 1. The van der Waals surface area contributed by atoms with Crippen molar-refractivity contribution in [1.29, 1.82) is 0 Å². The molecule has 2 aliphatic rings. The summed E-state index contributed by atoms with van der Waals surface area (Å²) in [7, 11) is 3.50. The van der Waals surface area contributed by atoms with E-state index in [4.69, 9.17) is 9.84 Å². The van der Waals surface area contributed by atoms with Crippen LogP contribution in [0.2, 0.25) is 0 Å². The van der Waals surface area contributed by atoms with E-state index < -0.39 is 30.5 Å². The lowest BCUT2D eigenvalue weighted by Crippen LogP contribution is -2.60. The molecule has 0 spiro atoms. The molecule has 4 heterocycles. The fourth-order valence-electron chi connectivity index (χ4n) is 4.75. The number of carboxylic acid groups (broad SMARTS) is 1. The number of piperidine rings is 2. The Labute approximate surface area is 238 Å². The molecule has 0 bridgehead atoms. The second-order valence-corrected chi connectivity index (χ2v) is 9.90. The van der Waals surface area contributed by atoms with Crippen LogP contribution in [0.5, 0.6) is 5.88 Å². The number of amides is 3. The van der Waals surface area contributed by atoms with Crippen LogP contribution >= 0.6 is 0 Å². The Hall–Kier alpha value is -3.88. The molecule has 226 valence electrons. The number of nitrogens with zero attached hydrogens (tertiary/aromatic N) is 7. The molecule has 1 unspecified atom stereocenters. The molecule has 15 heteroatoms. The SMILES string of the molecule is CCOc1cnc(NC(=O)N(C)C2CN(c3nccc(NC(=O)O)n3)CCC2(F)F)cn1.CC[C@@H]1CCCCN1C. The van der Waals surface area contributed by atoms with Gasteiger partial charge in [-0.3, -0.25) is 10.6 Å². The third-order valence-electron chi connectivity index (χ3n) is 7.09. The van der Waals surface area contributed by atoms with Gasteiger partial charge in [0.25, 0.3) is 5.92 Å². The number of nitrogens with one attached hydrogen (secondary N) is 2. The molecule has 2 atom stereocenters. The predicted molar refractivity (Wildman–Crippen MR) is 150 cm³/mol. The van der Waals surface area contributed by atoms with Crippen LogP contribution in [0.4, 0.5) is 36.0 Å². The topological polar surface area (TPSA) is 149 Å². The number of anilines is 3. The molecule has 2 saturated heterocycles. The first kappa shape index (κ1) is 31.6. The van der Waals surface area contributed by atoms with Gasteiger partial charge in [-0.05, 0) is 45.8 Å². The van der Waals surface area contributed by atoms with E-state index in [9.17, 15) is 18.4 Å². The van der Waals surface area contributed by atoms with Gasteiger partial charge in [0.2, 0.25) is 11.8 Å². The number of alkyl halides is 2. The molecule has 2 aliphatic heterocycles. The number of carbonyl (C=O) groups is 2. The minimum absolute atomic E-state index is 0.0107. The fourth-order valence-corrected chi connectivity index (χ4v) is 4.75. The first-order valence-corrected chi connectivity index (χ1v) is 13.7. The Bertz CT molecular complexity index is 1140. The van der Waals surface area contributed by atoms with Gasteiger partial charge in [-0.2, -0.15) is 4.98 Å². The van der Waals surface area contributed by atoms with Crippen molar-refractivity contribution in [3.05, 3.63) is 24.7 Å². The molecule has 3 N–H and O–H groups in total. The Morgan fingerprint density at radius 1 is 1.15 bits per heavy atom. The highest BCUT2D eigenvalue weighted by molar-refractivity contribution is 5.88. The van der Waals surface area contributed by atoms with Crippen LogP contribution in [0.25, 0.3) is 0 Å². The van der Waals surface area contributed by atoms with E-state index >= 15 is 0 Å². The molecule has 0 aliphatic carbocycles. The van der Waals surface area contributed by atoms with Crippen LogP contribution in [0, 0.1) is 0 Å². The molecule has 2 aromatic rings. The zero-order chi connectivity index (χ0) is 30.0. The molecule has 0 radical (unpaired) electrons. The van der Waals surface area contributed by atoms with E-state index in [-0.39, 0.29) is 36.6 Å². The fraction of sp³-hybridized carbons (Fsp3) is 0.615. The number of carbonyl (C=O) groups excluding carboxylic acids is 1. The van der Waals surface area contributed by atoms with Gasteiger partial charge in [-0.1, -0.05) is 13.3 Å². The lowest BCUT2D eigenvalue weighted by atomic mass is 10.00. The van der Waals surface area contributed by atoms with Crippen LogP contribution < -0.4 is 20.3 Å². The van der Waals surface area contributed by atoms with Crippen molar-refractivity contribution < 1.29 is 28.2 Å². The van der Waals surface area contributed by atoms with Gasteiger partial charge in [-0.15, -0.1) is 0 Å². The average Bonchev–Trinajstić information content (AvgIpc) is 2.94. The Morgan fingerprint density at radius 3 is 2.54 bits per heavy atom. The summed E-state index contributed by atoms with van der Waals surface area (Å²) < 4.78 is 34.5. The number of aromatic nitrogens is 4. The summed E-state index contributed by atoms with van der Waals surface area (Å²) in [6, 6.07) is -0.0620. The molecule has 2 fully saturated rings. The van der Waals surface area contributed by atoms with Gasteiger partial charge in [0.05, 0.1) is 19.0 Å². The van der Waals surface area contributed by atoms with Crippen LogP contribution in [-0.2, 0) is 0 Å². The van der Waals surface area contributed by atoms with Crippen molar-refractivity contribution in [2.24, 2.45) is 0 Å². The minimum Gasteiger partial charge on any atom is -0.477 e. The molecule has 0 saturated carbocycles. The van der Waals surface area contributed by atoms with Gasteiger partial charge < -0.3 is 24.5 Å². The number of hydrogen-bond donors (Lipinski definition) is 3. The van der Waals surface area contributed by atoms with E-state index in [1.165, 1.54) is 68.8 Å². The zero-order valence-corrected chi connectivity index (χ0v) is 23.9. The smallest absolute Gasteiger partial charge is 0.410 e. The summed E-state index contributed by atoms with van der Waals surface area (Å²) in [6.45, 7) is 5.45. The first-order valence-electron chi connectivity index (χ1n) is 13.7. The van der Waals surface area contributed by atoms with Crippen molar-refractivity contribution >= 4 is 29.7 Å². The highest BCUT2D eigenvalue weighted by Gasteiger charge is 2.48. The quantitative estimate of drug-likeness (QED) is 0.439. The second-order valence-electron chi connectivity index (χ2n) is 9.90. The van der Waals surface area contributed by atoms with Crippen molar-refractivity contribution in [2.45, 2.75) is 64.0 Å². The third kappa shape index (κ3) is 9.06. The van der Waals surface area contributed by atoms with Gasteiger partial charge in [-0.25, -0.2) is 33.3 Å². The van der Waals surface area contributed by atoms with Crippen LogP contribution in [0.1, 0.15) is 46.0 Å². The summed E-state index contributed by atoms with van der Waals surface area (Å²) in [5.74, 6) is -2.73. The highest BCUT2D eigenvalue weighted by Crippen LogP contribution is 2.33.